The Bertz CT molecular complexity index is 523. The Balaban J connectivity index is 5.48. The van der Waals surface area contributed by atoms with Crippen molar-refractivity contribution in [1.29, 1.82) is 0 Å². The Labute approximate surface area is 135 Å². The van der Waals surface area contributed by atoms with E-state index in [1.165, 1.54) is 13.8 Å². The Morgan fingerprint density at radius 2 is 1.35 bits per heavy atom. The van der Waals surface area contributed by atoms with Gasteiger partial charge in [0.2, 0.25) is 0 Å². The summed E-state index contributed by atoms with van der Waals surface area (Å²) in [6.45, 7) is 13.9. The van der Waals surface area contributed by atoms with Crippen molar-refractivity contribution >= 4 is 23.7 Å². The number of hydrogen-bond acceptors (Lipinski definition) is 7. The molecule has 0 aliphatic carbocycles. The van der Waals surface area contributed by atoms with Crippen LogP contribution in [0.25, 0.3) is 0 Å². The van der Waals surface area contributed by atoms with Crippen molar-refractivity contribution in [1.82, 2.24) is 0 Å². The maximum atomic E-state index is 12.5. The molecule has 0 radical (unpaired) electrons. The molecule has 0 heterocycles. The maximum Gasteiger partial charge on any atom is 0.378 e. The molecule has 0 aliphatic rings. The number of carbonyl (C=O) groups is 4. The van der Waals surface area contributed by atoms with E-state index in [-0.39, 0.29) is 0 Å². The van der Waals surface area contributed by atoms with E-state index in [9.17, 15) is 19.2 Å². The van der Waals surface area contributed by atoms with Crippen molar-refractivity contribution in [2.24, 2.45) is 10.8 Å². The van der Waals surface area contributed by atoms with Crippen LogP contribution in [0.2, 0.25) is 0 Å². The van der Waals surface area contributed by atoms with Gasteiger partial charge in [0.15, 0.2) is 11.9 Å². The molecule has 0 saturated carbocycles. The third-order valence-corrected chi connectivity index (χ3v) is 2.93. The monoisotopic (exact) mass is 326 g/mol. The van der Waals surface area contributed by atoms with Crippen LogP contribution in [-0.4, -0.2) is 29.8 Å². The van der Waals surface area contributed by atoms with Gasteiger partial charge in [0, 0.05) is 17.6 Å². The summed E-state index contributed by atoms with van der Waals surface area (Å²) in [5, 5.41) is 0. The summed E-state index contributed by atoms with van der Waals surface area (Å²) in [5.41, 5.74) is -2.48. The first-order valence-electron chi connectivity index (χ1n) is 6.80. The van der Waals surface area contributed by atoms with Gasteiger partial charge in [-0.05, 0) is 13.8 Å². The second kappa shape index (κ2) is 7.71. The molecular weight excluding hydrogens is 304 g/mol. The molecule has 1 atom stereocenters. The lowest BCUT2D eigenvalue weighted by atomic mass is 9.76. The first-order valence-corrected chi connectivity index (χ1v) is 6.80. The zero-order valence-electron chi connectivity index (χ0n) is 14.0. The molecule has 0 amide bonds. The fraction of sp³-hybridized carbons (Fsp3) is 0.500. The highest BCUT2D eigenvalue weighted by Gasteiger charge is 2.49. The van der Waals surface area contributed by atoms with Gasteiger partial charge >= 0.3 is 17.9 Å². The summed E-state index contributed by atoms with van der Waals surface area (Å²) >= 11 is 0. The van der Waals surface area contributed by atoms with Crippen LogP contribution in [0.4, 0.5) is 0 Å². The number of carbonyl (C=O) groups excluding carboxylic acids is 4. The predicted octanol–water partition coefficient (Wildman–Crippen LogP) is 1.91. The molecule has 128 valence electrons. The molecule has 0 aromatic carbocycles. The van der Waals surface area contributed by atoms with Crippen molar-refractivity contribution < 1.29 is 33.7 Å². The minimum absolute atomic E-state index is 0.496. The summed E-state index contributed by atoms with van der Waals surface area (Å²) in [7, 11) is 0. The third-order valence-electron chi connectivity index (χ3n) is 2.93. The number of rotatable bonds is 6. The molecule has 7 heteroatoms. The van der Waals surface area contributed by atoms with Crippen LogP contribution >= 0.6 is 0 Å². The van der Waals surface area contributed by atoms with Gasteiger partial charge in [-0.2, -0.15) is 0 Å². The average Bonchev–Trinajstić information content (AvgIpc) is 2.47. The summed E-state index contributed by atoms with van der Waals surface area (Å²) in [5.74, 6) is -3.38. The second-order valence-electron chi connectivity index (χ2n) is 6.33. The van der Waals surface area contributed by atoms with E-state index in [0.717, 1.165) is 12.2 Å². The average molecular weight is 326 g/mol. The van der Waals surface area contributed by atoms with Crippen LogP contribution < -0.4 is 0 Å². The standard InChI is InChI=1S/C16H22O7/c1-8-10(17)21-13(12(19)15(3,4)5)16(6,7)14(20)23-22-11(18)9-2/h8-9,13H,1-2H2,3-7H3. The molecule has 0 bridgehead atoms. The summed E-state index contributed by atoms with van der Waals surface area (Å²) in [6.07, 6.45) is 0.237. The number of esters is 1. The molecule has 0 rings (SSSR count). The largest absolute Gasteiger partial charge is 0.450 e. The van der Waals surface area contributed by atoms with Crippen molar-refractivity contribution in [3.63, 3.8) is 0 Å². The van der Waals surface area contributed by atoms with Crippen LogP contribution in [0.1, 0.15) is 34.6 Å². The molecule has 0 aromatic rings. The summed E-state index contributed by atoms with van der Waals surface area (Å²) < 4.78 is 5.04. The first-order chi connectivity index (χ1) is 10.4. The van der Waals surface area contributed by atoms with Crippen molar-refractivity contribution in [3.8, 4) is 0 Å². The SMILES string of the molecule is C=CC(=O)OOC(=O)C(C)(C)C(OC(=O)C=C)C(=O)C(C)(C)C. The zero-order chi connectivity index (χ0) is 18.4. The molecular formula is C16H22O7. The lowest BCUT2D eigenvalue weighted by Crippen LogP contribution is -2.49. The summed E-state index contributed by atoms with van der Waals surface area (Å²) in [6, 6.07) is 0. The Hall–Kier alpha value is -2.44. The van der Waals surface area contributed by atoms with Crippen LogP contribution in [0.5, 0.6) is 0 Å². The minimum Gasteiger partial charge on any atom is -0.450 e. The van der Waals surface area contributed by atoms with Crippen LogP contribution in [0, 0.1) is 10.8 Å². The second-order valence-corrected chi connectivity index (χ2v) is 6.33. The molecule has 23 heavy (non-hydrogen) atoms. The fourth-order valence-corrected chi connectivity index (χ4v) is 1.41. The highest BCUT2D eigenvalue weighted by atomic mass is 17.2. The van der Waals surface area contributed by atoms with Crippen LogP contribution in [-0.2, 0) is 33.7 Å². The van der Waals surface area contributed by atoms with Gasteiger partial charge in [0.05, 0.1) is 0 Å². The molecule has 0 N–H and O–H groups in total. The Kier molecular flexibility index (Phi) is 6.89. The lowest BCUT2D eigenvalue weighted by molar-refractivity contribution is -0.264. The smallest absolute Gasteiger partial charge is 0.378 e. The Morgan fingerprint density at radius 1 is 0.870 bits per heavy atom. The van der Waals surface area contributed by atoms with E-state index < -0.39 is 40.6 Å². The van der Waals surface area contributed by atoms with E-state index in [0.29, 0.717) is 0 Å². The molecule has 0 aromatic heterocycles. The van der Waals surface area contributed by atoms with E-state index in [1.807, 2.05) is 0 Å². The Morgan fingerprint density at radius 3 is 1.74 bits per heavy atom. The number of ketones is 1. The number of hydrogen-bond donors (Lipinski definition) is 0. The predicted molar refractivity (Wildman–Crippen MR) is 80.7 cm³/mol. The van der Waals surface area contributed by atoms with E-state index >= 15 is 0 Å². The fourth-order valence-electron chi connectivity index (χ4n) is 1.41. The number of Topliss-reactive ketones (excluding diaryl/α,β-unsaturated/α-hetero) is 1. The topological polar surface area (TPSA) is 96.0 Å². The number of ether oxygens (including phenoxy) is 1. The van der Waals surface area contributed by atoms with Crippen molar-refractivity contribution in [2.45, 2.75) is 40.7 Å². The lowest BCUT2D eigenvalue weighted by Gasteiger charge is -2.33. The van der Waals surface area contributed by atoms with E-state index in [4.69, 9.17) is 4.74 Å². The van der Waals surface area contributed by atoms with Gasteiger partial charge < -0.3 is 4.74 Å². The van der Waals surface area contributed by atoms with Crippen LogP contribution in [0.3, 0.4) is 0 Å². The molecule has 1 unspecified atom stereocenters. The molecule has 0 aliphatic heterocycles. The quantitative estimate of drug-likeness (QED) is 0.318. The van der Waals surface area contributed by atoms with E-state index in [1.54, 1.807) is 20.8 Å². The van der Waals surface area contributed by atoms with E-state index in [2.05, 4.69) is 22.9 Å². The molecule has 7 nitrogen and oxygen atoms in total. The summed E-state index contributed by atoms with van der Waals surface area (Å²) in [4.78, 5) is 55.7. The van der Waals surface area contributed by atoms with Crippen LogP contribution in [0.15, 0.2) is 25.3 Å². The van der Waals surface area contributed by atoms with Gasteiger partial charge in [0.25, 0.3) is 0 Å². The zero-order valence-corrected chi connectivity index (χ0v) is 14.0. The van der Waals surface area contributed by atoms with Gasteiger partial charge in [-0.1, -0.05) is 33.9 Å². The molecule has 0 spiro atoms. The minimum atomic E-state index is -1.59. The normalized spacial score (nSPS) is 12.6. The highest BCUT2D eigenvalue weighted by molar-refractivity contribution is 5.96. The molecule has 0 saturated heterocycles. The highest BCUT2D eigenvalue weighted by Crippen LogP contribution is 2.32. The van der Waals surface area contributed by atoms with Gasteiger partial charge in [-0.25, -0.2) is 24.2 Å². The molecule has 0 fully saturated rings. The van der Waals surface area contributed by atoms with Crippen molar-refractivity contribution in [2.75, 3.05) is 0 Å². The van der Waals surface area contributed by atoms with Gasteiger partial charge in [0.1, 0.15) is 5.41 Å². The third kappa shape index (κ3) is 5.69. The van der Waals surface area contributed by atoms with Gasteiger partial charge in [-0.3, -0.25) is 4.79 Å². The maximum absolute atomic E-state index is 12.5. The van der Waals surface area contributed by atoms with Gasteiger partial charge in [-0.15, -0.1) is 0 Å². The first kappa shape index (κ1) is 20.6. The van der Waals surface area contributed by atoms with Crippen molar-refractivity contribution in [3.05, 3.63) is 25.3 Å².